The topological polar surface area (TPSA) is 88.2 Å². The molecule has 3 aliphatic heterocycles. The second kappa shape index (κ2) is 9.99. The number of carbonyl (C=O) groups excluding carboxylic acids is 3. The third kappa shape index (κ3) is 4.99. The SMILES string of the molecule is [2H]C([2H])(Oc1cccc2c1C([2H])([2H])N(C1C(=O)NC(=O)C([2H])([2H])C1([2H])[2H])C2=O)c1cc(C([2H])([2H])N2C([2H])([2H])C([2H])(C)OC([2H])(C)C2([2H])[2H])ccc1F. The van der Waals surface area contributed by atoms with Crippen LogP contribution in [0.15, 0.2) is 36.4 Å². The van der Waals surface area contributed by atoms with Crippen LogP contribution in [0.1, 0.15) is 75.6 Å². The summed E-state index contributed by atoms with van der Waals surface area (Å²) in [4.78, 5) is 38.5. The van der Waals surface area contributed by atoms with Gasteiger partial charge in [0.1, 0.15) is 24.2 Å². The number of halogens is 1. The second-order valence-electron chi connectivity index (χ2n) is 7.74. The van der Waals surface area contributed by atoms with E-state index in [4.69, 9.17) is 31.4 Å². The van der Waals surface area contributed by atoms with E-state index in [9.17, 15) is 14.4 Å². The molecule has 0 aliphatic carbocycles. The van der Waals surface area contributed by atoms with Gasteiger partial charge in [0.15, 0.2) is 0 Å². The van der Waals surface area contributed by atoms with Gasteiger partial charge >= 0.3 is 0 Å². The first-order valence-corrected chi connectivity index (χ1v) is 10.6. The number of benzene rings is 2. The van der Waals surface area contributed by atoms with E-state index in [-0.39, 0.29) is 9.80 Å². The van der Waals surface area contributed by atoms with Gasteiger partial charge in [-0.25, -0.2) is 4.39 Å². The van der Waals surface area contributed by atoms with Crippen LogP contribution in [-0.4, -0.2) is 58.7 Å². The van der Waals surface area contributed by atoms with E-state index in [1.807, 2.05) is 0 Å². The fraction of sp³-hybridized carbons (Fsp3) is 0.444. The zero-order valence-electron chi connectivity index (χ0n) is 34.9. The molecule has 3 amide bonds. The number of hydrogen-bond acceptors (Lipinski definition) is 6. The van der Waals surface area contributed by atoms with E-state index in [1.54, 1.807) is 5.32 Å². The molecule has 0 bridgehead atoms. The lowest BCUT2D eigenvalue weighted by molar-refractivity contribution is -0.136. The molecule has 2 aromatic rings. The molecule has 0 aromatic heterocycles. The number of hydrogen-bond donors (Lipinski definition) is 1. The smallest absolute Gasteiger partial charge is 0.255 e. The van der Waals surface area contributed by atoms with Crippen molar-refractivity contribution in [3.05, 3.63) is 64.5 Å². The molecular weight excluding hydrogens is 465 g/mol. The number of carbonyl (C=O) groups is 3. The van der Waals surface area contributed by atoms with Crippen LogP contribution in [-0.2, 0) is 33.9 Å². The Bertz CT molecular complexity index is 1860. The molecule has 0 spiro atoms. The molecule has 0 radical (unpaired) electrons. The predicted molar refractivity (Wildman–Crippen MR) is 129 cm³/mol. The maximum absolute atomic E-state index is 15.4. The maximum Gasteiger partial charge on any atom is 0.255 e. The highest BCUT2D eigenvalue weighted by molar-refractivity contribution is 6.05. The Morgan fingerprint density at radius 3 is 2.78 bits per heavy atom. The van der Waals surface area contributed by atoms with E-state index < -0.39 is 115 Å². The Hall–Kier alpha value is -3.30. The van der Waals surface area contributed by atoms with Crippen molar-refractivity contribution in [3.8, 4) is 5.75 Å². The standard InChI is InChI=1S/C27H30FN3O5/c1-16-11-30(12-17(2)36-16)13-18-6-7-22(28)19(10-18)15-35-24-5-3-4-20-21(24)14-31(27(20)34)23-8-9-25(32)29-26(23)33/h3-7,10,16-17,23H,8-9,11-15H2,1-2H3,(H,29,32,33)/i8D2,9D2,11D2,12D2,13D2,14D2,15D2,16D,17D. The molecule has 2 saturated heterocycles. The number of amides is 3. The number of rotatable bonds is 6. The lowest BCUT2D eigenvalue weighted by atomic mass is 10.0. The van der Waals surface area contributed by atoms with Crippen LogP contribution in [0.25, 0.3) is 0 Å². The minimum atomic E-state index is -3.49. The molecule has 5 rings (SSSR count). The van der Waals surface area contributed by atoms with Crippen molar-refractivity contribution in [1.82, 2.24) is 15.1 Å². The minimum absolute atomic E-state index is 0.0415. The lowest BCUT2D eigenvalue weighted by Gasteiger charge is -2.35. The molecule has 3 heterocycles. The monoisotopic (exact) mass is 511 g/mol. The molecule has 36 heavy (non-hydrogen) atoms. The first-order valence-electron chi connectivity index (χ1n) is 18.6. The fourth-order valence-electron chi connectivity index (χ4n) is 3.57. The Morgan fingerprint density at radius 1 is 1.22 bits per heavy atom. The molecular formula is C27H30FN3O5. The van der Waals surface area contributed by atoms with Crippen molar-refractivity contribution >= 4 is 17.7 Å². The Morgan fingerprint density at radius 2 is 2.00 bits per heavy atom. The normalized spacial score (nSPS) is 43.0. The van der Waals surface area contributed by atoms with E-state index in [2.05, 4.69) is 0 Å². The van der Waals surface area contributed by atoms with E-state index in [0.29, 0.717) is 12.1 Å². The van der Waals surface area contributed by atoms with Gasteiger partial charge < -0.3 is 14.4 Å². The maximum atomic E-state index is 15.4. The van der Waals surface area contributed by atoms with Crippen LogP contribution in [0.5, 0.6) is 5.75 Å². The molecule has 9 heteroatoms. The quantitative estimate of drug-likeness (QED) is 0.600. The Labute approximate surface area is 231 Å². The summed E-state index contributed by atoms with van der Waals surface area (Å²) in [5.41, 5.74) is -3.27. The number of morpholine rings is 1. The number of ether oxygens (including phenoxy) is 2. The van der Waals surface area contributed by atoms with Crippen molar-refractivity contribution < 1.29 is 50.2 Å². The van der Waals surface area contributed by atoms with Gasteiger partial charge in [-0.1, -0.05) is 12.1 Å². The van der Waals surface area contributed by atoms with Gasteiger partial charge in [-0.15, -0.1) is 0 Å². The van der Waals surface area contributed by atoms with Crippen LogP contribution < -0.4 is 10.1 Å². The van der Waals surface area contributed by atoms with Crippen molar-refractivity contribution in [2.45, 2.75) is 64.3 Å². The summed E-state index contributed by atoms with van der Waals surface area (Å²) in [6.07, 6.45) is -12.4. The van der Waals surface area contributed by atoms with Crippen molar-refractivity contribution in [3.63, 3.8) is 0 Å². The molecule has 0 saturated carbocycles. The van der Waals surface area contributed by atoms with Crippen molar-refractivity contribution in [1.29, 1.82) is 0 Å². The van der Waals surface area contributed by atoms with Gasteiger partial charge in [0.25, 0.3) is 5.91 Å². The minimum Gasteiger partial charge on any atom is -0.488 e. The third-order valence-corrected chi connectivity index (χ3v) is 5.10. The Balaban J connectivity index is 1.58. The van der Waals surface area contributed by atoms with Crippen molar-refractivity contribution in [2.75, 3.05) is 13.0 Å². The summed E-state index contributed by atoms with van der Waals surface area (Å²) in [5, 5.41) is 1.58. The summed E-state index contributed by atoms with van der Waals surface area (Å²) >= 11 is 0. The van der Waals surface area contributed by atoms with E-state index in [0.717, 1.165) is 38.1 Å². The van der Waals surface area contributed by atoms with Crippen molar-refractivity contribution in [2.24, 2.45) is 0 Å². The van der Waals surface area contributed by atoms with Gasteiger partial charge in [-0.05, 0) is 50.0 Å². The number of nitrogens with zero attached hydrogens (tertiary/aromatic N) is 2. The fourth-order valence-corrected chi connectivity index (χ4v) is 3.57. The number of nitrogens with one attached hydrogen (secondary N) is 1. The Kier molecular flexibility index (Phi) is 3.28. The van der Waals surface area contributed by atoms with Gasteiger partial charge in [0.2, 0.25) is 11.8 Å². The van der Waals surface area contributed by atoms with Gasteiger partial charge in [0, 0.05) is 56.3 Å². The zero-order valence-corrected chi connectivity index (χ0v) is 18.9. The van der Waals surface area contributed by atoms with Gasteiger partial charge in [-0.2, -0.15) is 0 Å². The average Bonchev–Trinajstić information content (AvgIpc) is 3.15. The zero-order chi connectivity index (χ0) is 39.8. The highest BCUT2D eigenvalue weighted by Gasteiger charge is 2.40. The molecule has 1 N–H and O–H groups in total. The van der Waals surface area contributed by atoms with Crippen LogP contribution >= 0.6 is 0 Å². The number of piperidine rings is 1. The van der Waals surface area contributed by atoms with Gasteiger partial charge in [0.05, 0.1) is 26.9 Å². The van der Waals surface area contributed by atoms with Crippen LogP contribution in [0.4, 0.5) is 4.39 Å². The number of imide groups is 1. The van der Waals surface area contributed by atoms with Crippen LogP contribution in [0.2, 0.25) is 0 Å². The summed E-state index contributed by atoms with van der Waals surface area (Å²) in [6, 6.07) is 2.25. The molecule has 2 fully saturated rings. The average molecular weight is 512 g/mol. The number of fused-ring (bicyclic) bond motifs is 1. The summed E-state index contributed by atoms with van der Waals surface area (Å²) < 4.78 is 161. The predicted octanol–water partition coefficient (Wildman–Crippen LogP) is 2.77. The van der Waals surface area contributed by atoms with Gasteiger partial charge in [-0.3, -0.25) is 24.6 Å². The lowest BCUT2D eigenvalue weighted by Crippen LogP contribution is -2.52. The molecule has 8 nitrogen and oxygen atoms in total. The van der Waals surface area contributed by atoms with E-state index >= 15 is 4.39 Å². The van der Waals surface area contributed by atoms with E-state index in [1.165, 1.54) is 0 Å². The third-order valence-electron chi connectivity index (χ3n) is 5.10. The molecule has 3 aliphatic rings. The molecule has 3 unspecified atom stereocenters. The highest BCUT2D eigenvalue weighted by Crippen LogP contribution is 2.34. The first kappa shape index (κ1) is 11.8. The molecule has 3 atom stereocenters. The highest BCUT2D eigenvalue weighted by atomic mass is 19.1. The first-order chi connectivity index (χ1) is 23.2. The van der Waals surface area contributed by atoms with Crippen LogP contribution in [0.3, 0.4) is 0 Å². The summed E-state index contributed by atoms with van der Waals surface area (Å²) in [5.74, 6) is -6.79. The summed E-state index contributed by atoms with van der Waals surface area (Å²) in [7, 11) is 0. The second-order valence-corrected chi connectivity index (χ2v) is 7.74. The molecule has 190 valence electrons. The summed E-state index contributed by atoms with van der Waals surface area (Å²) in [6.45, 7) is -15.0. The largest absolute Gasteiger partial charge is 0.488 e. The molecule has 2 aromatic carbocycles. The van der Waals surface area contributed by atoms with Crippen LogP contribution in [0, 0.1) is 5.82 Å².